The minimum atomic E-state index is 0.225. The molecule has 0 aliphatic rings. The molecule has 0 saturated carbocycles. The summed E-state index contributed by atoms with van der Waals surface area (Å²) in [4.78, 5) is 4.16. The predicted octanol–water partition coefficient (Wildman–Crippen LogP) is 3.27. The number of hydrogen-bond acceptors (Lipinski definition) is 3. The van der Waals surface area contributed by atoms with E-state index in [-0.39, 0.29) is 6.04 Å². The normalized spacial score (nSPS) is 12.6. The van der Waals surface area contributed by atoms with Crippen molar-refractivity contribution in [2.45, 2.75) is 32.7 Å². The highest BCUT2D eigenvalue weighted by Gasteiger charge is 2.14. The van der Waals surface area contributed by atoms with E-state index in [4.69, 9.17) is 4.42 Å². The average Bonchev–Trinajstić information content (AvgIpc) is 2.82. The van der Waals surface area contributed by atoms with E-state index in [2.05, 4.69) is 29.4 Å². The Kier molecular flexibility index (Phi) is 4.53. The van der Waals surface area contributed by atoms with Gasteiger partial charge in [-0.25, -0.2) is 0 Å². The molecule has 0 radical (unpaired) electrons. The first-order chi connectivity index (χ1) is 8.79. The van der Waals surface area contributed by atoms with Gasteiger partial charge < -0.3 is 9.73 Å². The molecule has 1 N–H and O–H groups in total. The molecule has 1 atom stereocenters. The average molecular weight is 244 g/mol. The number of aromatic nitrogens is 1. The van der Waals surface area contributed by atoms with Gasteiger partial charge in [-0.3, -0.25) is 4.98 Å². The van der Waals surface area contributed by atoms with Crippen molar-refractivity contribution >= 4 is 0 Å². The molecule has 0 aliphatic heterocycles. The van der Waals surface area contributed by atoms with E-state index in [0.717, 1.165) is 30.9 Å². The summed E-state index contributed by atoms with van der Waals surface area (Å²) in [6.07, 6.45) is 5.73. The van der Waals surface area contributed by atoms with Crippen LogP contribution in [0.5, 0.6) is 0 Å². The lowest BCUT2D eigenvalue weighted by Gasteiger charge is -2.16. The van der Waals surface area contributed by atoms with Gasteiger partial charge in [-0.1, -0.05) is 13.0 Å². The van der Waals surface area contributed by atoms with Gasteiger partial charge in [-0.15, -0.1) is 0 Å². The molecule has 18 heavy (non-hydrogen) atoms. The van der Waals surface area contributed by atoms with Gasteiger partial charge in [-0.05, 0) is 50.1 Å². The van der Waals surface area contributed by atoms with Gasteiger partial charge in [0.05, 0.1) is 6.04 Å². The summed E-state index contributed by atoms with van der Waals surface area (Å²) in [7, 11) is 0. The van der Waals surface area contributed by atoms with Crippen molar-refractivity contribution in [3.05, 3.63) is 53.7 Å². The first-order valence-corrected chi connectivity index (χ1v) is 6.48. The summed E-state index contributed by atoms with van der Waals surface area (Å²) in [6, 6.07) is 8.36. The van der Waals surface area contributed by atoms with Crippen LogP contribution in [0, 0.1) is 6.92 Å². The molecular formula is C15H20N2O. The lowest BCUT2D eigenvalue weighted by atomic mass is 10.1. The van der Waals surface area contributed by atoms with E-state index >= 15 is 0 Å². The van der Waals surface area contributed by atoms with Gasteiger partial charge in [0.2, 0.25) is 0 Å². The predicted molar refractivity (Wildman–Crippen MR) is 72.4 cm³/mol. The Morgan fingerprint density at radius 3 is 2.83 bits per heavy atom. The standard InChI is InChI=1S/C15H20N2O/c1-3-8-17-14(15-7-6-12(2)18-15)10-13-5-4-9-16-11-13/h4-7,9,11,14,17H,3,8,10H2,1-2H3. The maximum Gasteiger partial charge on any atom is 0.121 e. The summed E-state index contributed by atoms with van der Waals surface area (Å²) in [6.45, 7) is 5.14. The highest BCUT2D eigenvalue weighted by atomic mass is 16.3. The zero-order valence-electron chi connectivity index (χ0n) is 11.0. The van der Waals surface area contributed by atoms with Crippen LogP contribution in [0.25, 0.3) is 0 Å². The summed E-state index contributed by atoms with van der Waals surface area (Å²) < 4.78 is 5.73. The lowest BCUT2D eigenvalue weighted by molar-refractivity contribution is 0.398. The molecule has 2 aromatic heterocycles. The fourth-order valence-electron chi connectivity index (χ4n) is 1.99. The van der Waals surface area contributed by atoms with Crippen LogP contribution in [0.1, 0.15) is 36.5 Å². The Balaban J connectivity index is 2.10. The molecule has 0 spiro atoms. The third-order valence-corrected chi connectivity index (χ3v) is 2.91. The van der Waals surface area contributed by atoms with E-state index in [1.807, 2.05) is 25.3 Å². The number of furan rings is 1. The Morgan fingerprint density at radius 1 is 1.33 bits per heavy atom. The van der Waals surface area contributed by atoms with E-state index in [1.165, 1.54) is 5.56 Å². The van der Waals surface area contributed by atoms with E-state index in [0.29, 0.717) is 0 Å². The van der Waals surface area contributed by atoms with Gasteiger partial charge in [-0.2, -0.15) is 0 Å². The van der Waals surface area contributed by atoms with Crippen LogP contribution in [0.3, 0.4) is 0 Å². The fourth-order valence-corrected chi connectivity index (χ4v) is 1.99. The summed E-state index contributed by atoms with van der Waals surface area (Å²) in [5.41, 5.74) is 1.22. The third-order valence-electron chi connectivity index (χ3n) is 2.91. The van der Waals surface area contributed by atoms with Crippen molar-refractivity contribution in [3.63, 3.8) is 0 Å². The summed E-state index contributed by atoms with van der Waals surface area (Å²) >= 11 is 0. The van der Waals surface area contributed by atoms with Gasteiger partial charge in [0, 0.05) is 12.4 Å². The van der Waals surface area contributed by atoms with Crippen LogP contribution in [-0.2, 0) is 6.42 Å². The monoisotopic (exact) mass is 244 g/mol. The van der Waals surface area contributed by atoms with E-state index in [9.17, 15) is 0 Å². The van der Waals surface area contributed by atoms with Gasteiger partial charge in [0.25, 0.3) is 0 Å². The molecule has 1 unspecified atom stereocenters. The Hall–Kier alpha value is -1.61. The Bertz CT molecular complexity index is 464. The van der Waals surface area contributed by atoms with E-state index < -0.39 is 0 Å². The van der Waals surface area contributed by atoms with Crippen LogP contribution in [0.15, 0.2) is 41.1 Å². The van der Waals surface area contributed by atoms with Crippen molar-refractivity contribution in [3.8, 4) is 0 Å². The second-order valence-corrected chi connectivity index (χ2v) is 4.52. The van der Waals surface area contributed by atoms with Crippen molar-refractivity contribution < 1.29 is 4.42 Å². The molecule has 2 heterocycles. The second kappa shape index (κ2) is 6.36. The molecular weight excluding hydrogens is 224 g/mol. The summed E-state index contributed by atoms with van der Waals surface area (Å²) in [5, 5.41) is 3.53. The zero-order valence-corrected chi connectivity index (χ0v) is 11.0. The fraction of sp³-hybridized carbons (Fsp3) is 0.400. The quantitative estimate of drug-likeness (QED) is 0.847. The molecule has 0 bridgehead atoms. The van der Waals surface area contributed by atoms with Gasteiger partial charge in [0.15, 0.2) is 0 Å². The van der Waals surface area contributed by atoms with Crippen LogP contribution >= 0.6 is 0 Å². The Morgan fingerprint density at radius 2 is 2.22 bits per heavy atom. The molecule has 2 rings (SSSR count). The highest BCUT2D eigenvalue weighted by molar-refractivity contribution is 5.16. The largest absolute Gasteiger partial charge is 0.465 e. The van der Waals surface area contributed by atoms with Crippen molar-refractivity contribution in [2.24, 2.45) is 0 Å². The molecule has 0 saturated heterocycles. The number of hydrogen-bond donors (Lipinski definition) is 1. The Labute approximate surface area is 108 Å². The minimum absolute atomic E-state index is 0.225. The summed E-state index contributed by atoms with van der Waals surface area (Å²) in [5.74, 6) is 1.96. The number of rotatable bonds is 6. The minimum Gasteiger partial charge on any atom is -0.465 e. The van der Waals surface area contributed by atoms with Gasteiger partial charge >= 0.3 is 0 Å². The molecule has 2 aromatic rings. The number of nitrogens with one attached hydrogen (secondary N) is 1. The first kappa shape index (κ1) is 12.8. The molecule has 96 valence electrons. The van der Waals surface area contributed by atoms with Gasteiger partial charge in [0.1, 0.15) is 11.5 Å². The second-order valence-electron chi connectivity index (χ2n) is 4.52. The maximum absolute atomic E-state index is 5.73. The third kappa shape index (κ3) is 3.44. The van der Waals surface area contributed by atoms with E-state index in [1.54, 1.807) is 6.20 Å². The molecule has 0 aromatic carbocycles. The molecule has 3 heteroatoms. The topological polar surface area (TPSA) is 38.1 Å². The SMILES string of the molecule is CCCNC(Cc1cccnc1)c1ccc(C)o1. The van der Waals surface area contributed by atoms with Crippen molar-refractivity contribution in [2.75, 3.05) is 6.54 Å². The number of pyridine rings is 1. The lowest BCUT2D eigenvalue weighted by Crippen LogP contribution is -2.23. The number of nitrogens with zero attached hydrogens (tertiary/aromatic N) is 1. The smallest absolute Gasteiger partial charge is 0.121 e. The van der Waals surface area contributed by atoms with Crippen LogP contribution < -0.4 is 5.32 Å². The van der Waals surface area contributed by atoms with Crippen molar-refractivity contribution in [1.82, 2.24) is 10.3 Å². The van der Waals surface area contributed by atoms with Crippen LogP contribution in [-0.4, -0.2) is 11.5 Å². The molecule has 3 nitrogen and oxygen atoms in total. The number of aryl methyl sites for hydroxylation is 1. The maximum atomic E-state index is 5.73. The zero-order chi connectivity index (χ0) is 12.8. The van der Waals surface area contributed by atoms with Crippen molar-refractivity contribution in [1.29, 1.82) is 0 Å². The molecule has 0 fully saturated rings. The van der Waals surface area contributed by atoms with Crippen LogP contribution in [0.2, 0.25) is 0 Å². The highest BCUT2D eigenvalue weighted by Crippen LogP contribution is 2.20. The van der Waals surface area contributed by atoms with Crippen LogP contribution in [0.4, 0.5) is 0 Å². The molecule has 0 amide bonds. The molecule has 0 aliphatic carbocycles. The first-order valence-electron chi connectivity index (χ1n) is 6.48.